The lowest BCUT2D eigenvalue weighted by molar-refractivity contribution is 0.182. The lowest BCUT2D eigenvalue weighted by atomic mass is 10.1. The Hall–Kier alpha value is -0.910. The van der Waals surface area contributed by atoms with Gasteiger partial charge in [-0.2, -0.15) is 11.8 Å². The molecular weight excluding hydrogens is 298 g/mol. The molecule has 0 bridgehead atoms. The topological polar surface area (TPSA) is 20.2 Å². The van der Waals surface area contributed by atoms with Gasteiger partial charge < -0.3 is 5.11 Å². The van der Waals surface area contributed by atoms with Crippen molar-refractivity contribution in [3.05, 3.63) is 56.8 Å². The highest BCUT2D eigenvalue weighted by Gasteiger charge is 2.18. The molecule has 5 heteroatoms. The molecule has 0 radical (unpaired) electrons. The van der Waals surface area contributed by atoms with E-state index in [4.69, 9.17) is 0 Å². The van der Waals surface area contributed by atoms with Crippen molar-refractivity contribution in [2.24, 2.45) is 0 Å². The van der Waals surface area contributed by atoms with E-state index in [2.05, 4.69) is 0 Å². The van der Waals surface area contributed by atoms with Crippen molar-refractivity contribution < 1.29 is 13.9 Å². The number of aliphatic hydroxyl groups excluding tert-OH is 1. The van der Waals surface area contributed by atoms with Gasteiger partial charge in [0, 0.05) is 28.0 Å². The van der Waals surface area contributed by atoms with Gasteiger partial charge in [0.25, 0.3) is 0 Å². The lowest BCUT2D eigenvalue weighted by Crippen LogP contribution is -2.00. The van der Waals surface area contributed by atoms with Crippen LogP contribution in [0, 0.1) is 11.6 Å². The maximum absolute atomic E-state index is 13.1. The minimum absolute atomic E-state index is 0.237. The zero-order valence-electron chi connectivity index (χ0n) is 10.7. The van der Waals surface area contributed by atoms with E-state index < -0.39 is 17.7 Å². The summed E-state index contributed by atoms with van der Waals surface area (Å²) >= 11 is 3.52. The van der Waals surface area contributed by atoms with Crippen molar-refractivity contribution in [3.63, 3.8) is 0 Å². The molecule has 0 fully saturated rings. The molecule has 0 spiro atoms. The monoisotopic (exact) mass is 312 g/mol. The van der Waals surface area contributed by atoms with E-state index in [1.165, 1.54) is 22.6 Å². The molecule has 0 saturated heterocycles. The number of benzene rings is 1. The predicted molar refractivity (Wildman–Crippen MR) is 79.2 cm³/mol. The third-order valence-corrected chi connectivity index (χ3v) is 5.67. The van der Waals surface area contributed by atoms with Crippen molar-refractivity contribution >= 4 is 23.1 Å². The number of hydrogen-bond donors (Lipinski definition) is 1. The number of fused-ring (bicyclic) bond motifs is 1. The molecule has 0 aliphatic carbocycles. The third-order valence-electron chi connectivity index (χ3n) is 3.33. The van der Waals surface area contributed by atoms with Crippen LogP contribution in [-0.4, -0.2) is 10.9 Å². The van der Waals surface area contributed by atoms with Gasteiger partial charge in [0.05, 0.1) is 6.10 Å². The minimum atomic E-state index is -0.697. The Labute approximate surface area is 124 Å². The highest BCUT2D eigenvalue weighted by molar-refractivity contribution is 7.98. The van der Waals surface area contributed by atoms with Gasteiger partial charge in [0.15, 0.2) is 0 Å². The van der Waals surface area contributed by atoms with Crippen LogP contribution >= 0.6 is 23.1 Å². The predicted octanol–water partition coefficient (Wildman–Crippen LogP) is 4.09. The zero-order chi connectivity index (χ0) is 14.1. The summed E-state index contributed by atoms with van der Waals surface area (Å²) in [5, 5.41) is 10.3. The molecule has 2 heterocycles. The Morgan fingerprint density at radius 2 is 1.90 bits per heavy atom. The summed E-state index contributed by atoms with van der Waals surface area (Å²) in [6.45, 7) is 0. The first-order valence-corrected chi connectivity index (χ1v) is 8.41. The molecule has 1 nitrogen and oxygen atoms in total. The fraction of sp³-hybridized carbons (Fsp3) is 0.333. The Morgan fingerprint density at radius 1 is 1.15 bits per heavy atom. The highest BCUT2D eigenvalue weighted by atomic mass is 32.2. The molecule has 1 aliphatic heterocycles. The van der Waals surface area contributed by atoms with E-state index in [0.29, 0.717) is 5.56 Å². The summed E-state index contributed by atoms with van der Waals surface area (Å²) in [5.41, 5.74) is 1.78. The standard InChI is InChI=1S/C15H14F2OS2/c16-11-3-9(4-12(17)7-11)5-13(18)15-6-10-8-19-2-1-14(10)20-15/h3-4,6-7,13,18H,1-2,5,8H2. The lowest BCUT2D eigenvalue weighted by Gasteiger charge is -2.08. The summed E-state index contributed by atoms with van der Waals surface area (Å²) in [4.78, 5) is 2.23. The molecule has 3 rings (SSSR count). The van der Waals surface area contributed by atoms with E-state index >= 15 is 0 Å². The van der Waals surface area contributed by atoms with Gasteiger partial charge in [0.1, 0.15) is 11.6 Å². The fourth-order valence-electron chi connectivity index (χ4n) is 2.39. The molecule has 0 amide bonds. The van der Waals surface area contributed by atoms with Gasteiger partial charge in [-0.25, -0.2) is 8.78 Å². The van der Waals surface area contributed by atoms with E-state index in [1.807, 2.05) is 17.8 Å². The first-order valence-electron chi connectivity index (χ1n) is 6.44. The Kier molecular flexibility index (Phi) is 4.10. The number of thioether (sulfide) groups is 1. The second-order valence-electron chi connectivity index (χ2n) is 4.90. The summed E-state index contributed by atoms with van der Waals surface area (Å²) in [7, 11) is 0. The molecule has 1 unspecified atom stereocenters. The second-order valence-corrected chi connectivity index (χ2v) is 7.17. The SMILES string of the molecule is OC(Cc1cc(F)cc(F)c1)c1cc2c(s1)CCSC2. The molecule has 1 N–H and O–H groups in total. The number of aryl methyl sites for hydroxylation is 1. The molecular formula is C15H14F2OS2. The number of thiophene rings is 1. The second kappa shape index (κ2) is 5.84. The molecule has 1 aliphatic rings. The number of hydrogen-bond acceptors (Lipinski definition) is 3. The highest BCUT2D eigenvalue weighted by Crippen LogP contribution is 2.35. The van der Waals surface area contributed by atoms with E-state index in [-0.39, 0.29) is 6.42 Å². The van der Waals surface area contributed by atoms with Crippen LogP contribution in [0.4, 0.5) is 8.78 Å². The first kappa shape index (κ1) is 14.0. The van der Waals surface area contributed by atoms with Crippen molar-refractivity contribution in [3.8, 4) is 0 Å². The number of halogens is 2. The van der Waals surface area contributed by atoms with Crippen molar-refractivity contribution in [1.82, 2.24) is 0 Å². The van der Waals surface area contributed by atoms with Gasteiger partial charge in [-0.3, -0.25) is 0 Å². The van der Waals surface area contributed by atoms with E-state index in [1.54, 1.807) is 11.3 Å². The molecule has 2 aromatic rings. The van der Waals surface area contributed by atoms with E-state index in [0.717, 1.165) is 28.9 Å². The molecule has 1 aromatic heterocycles. The van der Waals surface area contributed by atoms with Crippen LogP contribution in [0.25, 0.3) is 0 Å². The van der Waals surface area contributed by atoms with Crippen LogP contribution in [0.15, 0.2) is 24.3 Å². The van der Waals surface area contributed by atoms with Gasteiger partial charge in [-0.15, -0.1) is 11.3 Å². The van der Waals surface area contributed by atoms with Gasteiger partial charge in [0.2, 0.25) is 0 Å². The van der Waals surface area contributed by atoms with Gasteiger partial charge >= 0.3 is 0 Å². The Balaban J connectivity index is 1.78. The van der Waals surface area contributed by atoms with Crippen molar-refractivity contribution in [2.75, 3.05) is 5.75 Å². The maximum atomic E-state index is 13.1. The first-order chi connectivity index (χ1) is 9.61. The van der Waals surface area contributed by atoms with Crippen LogP contribution < -0.4 is 0 Å². The van der Waals surface area contributed by atoms with Gasteiger partial charge in [-0.05, 0) is 41.5 Å². The van der Waals surface area contributed by atoms with E-state index in [9.17, 15) is 13.9 Å². The molecule has 1 atom stereocenters. The Bertz CT molecular complexity index is 581. The Morgan fingerprint density at radius 3 is 2.60 bits per heavy atom. The average Bonchev–Trinajstić information content (AvgIpc) is 2.81. The number of aliphatic hydroxyl groups is 1. The van der Waals surface area contributed by atoms with Crippen LogP contribution in [0.2, 0.25) is 0 Å². The summed E-state index contributed by atoms with van der Waals surface area (Å²) in [6, 6.07) is 5.43. The summed E-state index contributed by atoms with van der Waals surface area (Å²) in [5.74, 6) is 0.911. The normalized spacial score (nSPS) is 15.9. The van der Waals surface area contributed by atoms with Gasteiger partial charge in [-0.1, -0.05) is 0 Å². The molecule has 106 valence electrons. The third kappa shape index (κ3) is 3.05. The van der Waals surface area contributed by atoms with Crippen molar-refractivity contribution in [2.45, 2.75) is 24.7 Å². The number of rotatable bonds is 3. The van der Waals surface area contributed by atoms with Crippen molar-refractivity contribution in [1.29, 1.82) is 0 Å². The smallest absolute Gasteiger partial charge is 0.126 e. The van der Waals surface area contributed by atoms with Crippen LogP contribution in [0.5, 0.6) is 0 Å². The largest absolute Gasteiger partial charge is 0.387 e. The average molecular weight is 312 g/mol. The summed E-state index contributed by atoms with van der Waals surface area (Å²) < 4.78 is 26.3. The zero-order valence-corrected chi connectivity index (χ0v) is 12.4. The molecule has 1 aromatic carbocycles. The molecule has 20 heavy (non-hydrogen) atoms. The summed E-state index contributed by atoms with van der Waals surface area (Å²) in [6.07, 6.45) is 0.588. The maximum Gasteiger partial charge on any atom is 0.126 e. The van der Waals surface area contributed by atoms with Crippen LogP contribution in [0.3, 0.4) is 0 Å². The fourth-order valence-corrected chi connectivity index (χ4v) is 4.75. The minimum Gasteiger partial charge on any atom is -0.387 e. The van der Waals surface area contributed by atoms with Crippen LogP contribution in [0.1, 0.15) is 27.0 Å². The van der Waals surface area contributed by atoms with Crippen LogP contribution in [-0.2, 0) is 18.6 Å². The molecule has 0 saturated carbocycles. The quantitative estimate of drug-likeness (QED) is 0.921.